The van der Waals surface area contributed by atoms with Gasteiger partial charge in [-0.05, 0) is 29.0 Å². The molecule has 0 unspecified atom stereocenters. The summed E-state index contributed by atoms with van der Waals surface area (Å²) in [6, 6.07) is 2.95. The zero-order chi connectivity index (χ0) is 10.3. The van der Waals surface area contributed by atoms with Crippen molar-refractivity contribution in [3.05, 3.63) is 35.0 Å². The highest BCUT2D eigenvalue weighted by Gasteiger charge is 2.31. The summed E-state index contributed by atoms with van der Waals surface area (Å²) in [5.41, 5.74) is -0.944. The standard InChI is InChI=1S/C9H4F4S/c10-7-4-6(9(11,12)13)3-5-1-2-14-8(5)7/h1-4H. The Hall–Kier alpha value is -1.10. The number of thiophene rings is 1. The van der Waals surface area contributed by atoms with Crippen molar-refractivity contribution in [1.82, 2.24) is 0 Å². The molecule has 5 heteroatoms. The Morgan fingerprint density at radius 3 is 2.50 bits per heavy atom. The van der Waals surface area contributed by atoms with Crippen molar-refractivity contribution in [3.63, 3.8) is 0 Å². The lowest BCUT2D eigenvalue weighted by atomic mass is 10.1. The van der Waals surface area contributed by atoms with Gasteiger partial charge in [0, 0.05) is 0 Å². The fourth-order valence-corrected chi connectivity index (χ4v) is 1.99. The number of fused-ring (bicyclic) bond motifs is 1. The summed E-state index contributed by atoms with van der Waals surface area (Å²) >= 11 is 1.09. The highest BCUT2D eigenvalue weighted by Crippen LogP contribution is 2.34. The number of hydrogen-bond donors (Lipinski definition) is 0. The largest absolute Gasteiger partial charge is 0.416 e. The molecule has 0 aliphatic heterocycles. The molecular weight excluding hydrogens is 216 g/mol. The topological polar surface area (TPSA) is 0 Å². The van der Waals surface area contributed by atoms with Crippen LogP contribution in [0, 0.1) is 5.82 Å². The van der Waals surface area contributed by atoms with Gasteiger partial charge in [0.2, 0.25) is 0 Å². The molecule has 0 atom stereocenters. The van der Waals surface area contributed by atoms with E-state index in [-0.39, 0.29) is 4.70 Å². The fraction of sp³-hybridized carbons (Fsp3) is 0.111. The quantitative estimate of drug-likeness (QED) is 0.587. The fourth-order valence-electron chi connectivity index (χ4n) is 1.20. The summed E-state index contributed by atoms with van der Waals surface area (Å²) in [5, 5.41) is 1.86. The first-order valence-electron chi connectivity index (χ1n) is 3.72. The normalized spacial score (nSPS) is 12.3. The van der Waals surface area contributed by atoms with E-state index in [9.17, 15) is 17.6 Å². The first kappa shape index (κ1) is 9.45. The summed E-state index contributed by atoms with van der Waals surface area (Å²) in [4.78, 5) is 0. The van der Waals surface area contributed by atoms with Crippen LogP contribution in [0.25, 0.3) is 10.1 Å². The van der Waals surface area contributed by atoms with Crippen molar-refractivity contribution in [2.24, 2.45) is 0 Å². The van der Waals surface area contributed by atoms with Crippen molar-refractivity contribution >= 4 is 21.4 Å². The Morgan fingerprint density at radius 1 is 1.14 bits per heavy atom. The first-order chi connectivity index (χ1) is 6.48. The van der Waals surface area contributed by atoms with Gasteiger partial charge < -0.3 is 0 Å². The van der Waals surface area contributed by atoms with E-state index in [4.69, 9.17) is 0 Å². The maximum atomic E-state index is 13.1. The lowest BCUT2D eigenvalue weighted by Crippen LogP contribution is -2.04. The zero-order valence-electron chi connectivity index (χ0n) is 6.73. The van der Waals surface area contributed by atoms with E-state index in [1.807, 2.05) is 0 Å². The number of alkyl halides is 3. The van der Waals surface area contributed by atoms with Gasteiger partial charge in [-0.3, -0.25) is 0 Å². The van der Waals surface area contributed by atoms with Crippen molar-refractivity contribution in [1.29, 1.82) is 0 Å². The second kappa shape index (κ2) is 2.95. The summed E-state index contributed by atoms with van der Waals surface area (Å²) in [7, 11) is 0. The smallest absolute Gasteiger partial charge is 0.205 e. The predicted octanol–water partition coefficient (Wildman–Crippen LogP) is 4.06. The molecule has 0 saturated heterocycles. The van der Waals surface area contributed by atoms with Gasteiger partial charge >= 0.3 is 6.18 Å². The molecule has 74 valence electrons. The van der Waals surface area contributed by atoms with Crippen LogP contribution in [0.2, 0.25) is 0 Å². The SMILES string of the molecule is Fc1cc(C(F)(F)F)cc2ccsc12. The highest BCUT2D eigenvalue weighted by molar-refractivity contribution is 7.17. The van der Waals surface area contributed by atoms with Crippen LogP contribution < -0.4 is 0 Å². The van der Waals surface area contributed by atoms with Crippen LogP contribution in [-0.4, -0.2) is 0 Å². The minimum Gasteiger partial charge on any atom is -0.205 e. The van der Waals surface area contributed by atoms with Gasteiger partial charge in [-0.2, -0.15) is 13.2 Å². The molecule has 0 amide bonds. The molecule has 0 N–H and O–H groups in total. The van der Waals surface area contributed by atoms with Gasteiger partial charge in [0.25, 0.3) is 0 Å². The van der Waals surface area contributed by atoms with Gasteiger partial charge in [0.05, 0.1) is 10.3 Å². The van der Waals surface area contributed by atoms with Crippen LogP contribution in [0.5, 0.6) is 0 Å². The lowest BCUT2D eigenvalue weighted by molar-refractivity contribution is -0.137. The average Bonchev–Trinajstić information content (AvgIpc) is 2.50. The van der Waals surface area contributed by atoms with Crippen molar-refractivity contribution in [3.8, 4) is 0 Å². The molecule has 1 aromatic heterocycles. The number of halogens is 4. The Bertz CT molecular complexity index is 469. The Kier molecular flexibility index (Phi) is 1.99. The molecule has 0 aliphatic rings. The van der Waals surface area contributed by atoms with E-state index in [0.29, 0.717) is 11.5 Å². The first-order valence-corrected chi connectivity index (χ1v) is 4.60. The van der Waals surface area contributed by atoms with Crippen LogP contribution in [0.4, 0.5) is 17.6 Å². The van der Waals surface area contributed by atoms with E-state index in [2.05, 4.69) is 0 Å². The maximum Gasteiger partial charge on any atom is 0.416 e. The molecular formula is C9H4F4S. The van der Waals surface area contributed by atoms with Gasteiger partial charge in [0.15, 0.2) is 0 Å². The molecule has 1 heterocycles. The molecule has 0 radical (unpaired) electrons. The molecule has 2 aromatic rings. The number of rotatable bonds is 0. The second-order valence-electron chi connectivity index (χ2n) is 2.79. The van der Waals surface area contributed by atoms with Crippen LogP contribution >= 0.6 is 11.3 Å². The molecule has 14 heavy (non-hydrogen) atoms. The van der Waals surface area contributed by atoms with E-state index in [1.165, 1.54) is 6.07 Å². The van der Waals surface area contributed by atoms with E-state index >= 15 is 0 Å². The van der Waals surface area contributed by atoms with Crippen molar-refractivity contribution in [2.75, 3.05) is 0 Å². The predicted molar refractivity (Wildman–Crippen MR) is 46.8 cm³/mol. The Balaban J connectivity index is 2.70. The van der Waals surface area contributed by atoms with E-state index in [0.717, 1.165) is 17.4 Å². The molecule has 0 fully saturated rings. The van der Waals surface area contributed by atoms with Gasteiger partial charge in [-0.15, -0.1) is 11.3 Å². The lowest BCUT2D eigenvalue weighted by Gasteiger charge is -2.06. The summed E-state index contributed by atoms with van der Waals surface area (Å²) < 4.78 is 50.1. The monoisotopic (exact) mass is 220 g/mol. The third-order valence-electron chi connectivity index (χ3n) is 1.83. The Labute approximate surface area is 80.8 Å². The van der Waals surface area contributed by atoms with Crippen LogP contribution in [0.15, 0.2) is 23.6 Å². The third kappa shape index (κ3) is 1.48. The number of hydrogen-bond acceptors (Lipinski definition) is 1. The van der Waals surface area contributed by atoms with Crippen LogP contribution in [-0.2, 0) is 6.18 Å². The minimum atomic E-state index is -4.49. The summed E-state index contributed by atoms with van der Waals surface area (Å²) in [6.45, 7) is 0. The van der Waals surface area contributed by atoms with Gasteiger partial charge in [0.1, 0.15) is 5.82 Å². The van der Waals surface area contributed by atoms with Crippen molar-refractivity contribution < 1.29 is 17.6 Å². The van der Waals surface area contributed by atoms with Gasteiger partial charge in [-0.1, -0.05) is 0 Å². The molecule has 0 saturated carbocycles. The molecule has 0 spiro atoms. The summed E-state index contributed by atoms with van der Waals surface area (Å²) in [6.07, 6.45) is -4.49. The molecule has 0 nitrogen and oxygen atoms in total. The van der Waals surface area contributed by atoms with E-state index < -0.39 is 17.6 Å². The van der Waals surface area contributed by atoms with E-state index in [1.54, 1.807) is 5.38 Å². The molecule has 0 aliphatic carbocycles. The molecule has 1 aromatic carbocycles. The third-order valence-corrected chi connectivity index (χ3v) is 2.77. The maximum absolute atomic E-state index is 13.1. The van der Waals surface area contributed by atoms with Crippen LogP contribution in [0.3, 0.4) is 0 Å². The molecule has 2 rings (SSSR count). The van der Waals surface area contributed by atoms with Crippen molar-refractivity contribution in [2.45, 2.75) is 6.18 Å². The minimum absolute atomic E-state index is 0.262. The number of benzene rings is 1. The average molecular weight is 220 g/mol. The van der Waals surface area contributed by atoms with Crippen LogP contribution in [0.1, 0.15) is 5.56 Å². The summed E-state index contributed by atoms with van der Waals surface area (Å²) in [5.74, 6) is -0.815. The second-order valence-corrected chi connectivity index (χ2v) is 3.71. The Morgan fingerprint density at radius 2 is 1.86 bits per heavy atom. The molecule has 0 bridgehead atoms. The zero-order valence-corrected chi connectivity index (χ0v) is 7.55. The highest BCUT2D eigenvalue weighted by atomic mass is 32.1. The van der Waals surface area contributed by atoms with Gasteiger partial charge in [-0.25, -0.2) is 4.39 Å².